The highest BCUT2D eigenvalue weighted by molar-refractivity contribution is 6.13. The number of fused-ring (bicyclic) bond motifs is 1. The smallest absolute Gasteiger partial charge is 0.135 e. The molecule has 2 aromatic heterocycles. The molecule has 0 radical (unpaired) electrons. The van der Waals surface area contributed by atoms with Crippen LogP contribution in [0.2, 0.25) is 0 Å². The van der Waals surface area contributed by atoms with Crippen LogP contribution in [0.15, 0.2) is 90.2 Å². The van der Waals surface area contributed by atoms with Crippen molar-refractivity contribution in [2.24, 2.45) is 5.16 Å². The molecule has 0 bridgehead atoms. The molecule has 120 valence electrons. The van der Waals surface area contributed by atoms with E-state index >= 15 is 0 Å². The predicted octanol–water partition coefficient (Wildman–Crippen LogP) is 4.52. The molecule has 0 saturated carbocycles. The van der Waals surface area contributed by atoms with Crippen LogP contribution in [0.4, 0.5) is 0 Å². The van der Waals surface area contributed by atoms with Crippen LogP contribution in [0.5, 0.6) is 0 Å². The highest BCUT2D eigenvalue weighted by atomic mass is 16.4. The molecule has 0 aliphatic rings. The molecule has 2 heterocycles. The summed E-state index contributed by atoms with van der Waals surface area (Å²) >= 11 is 0. The molecule has 0 aliphatic carbocycles. The monoisotopic (exact) mass is 325 g/mol. The van der Waals surface area contributed by atoms with Crippen molar-refractivity contribution in [3.63, 3.8) is 0 Å². The van der Waals surface area contributed by atoms with Crippen LogP contribution in [-0.4, -0.2) is 20.9 Å². The average molecular weight is 325 g/mol. The van der Waals surface area contributed by atoms with Gasteiger partial charge in [0.1, 0.15) is 5.71 Å². The van der Waals surface area contributed by atoms with Gasteiger partial charge in [0.2, 0.25) is 0 Å². The van der Waals surface area contributed by atoms with Crippen LogP contribution in [0, 0.1) is 0 Å². The van der Waals surface area contributed by atoms with Crippen molar-refractivity contribution in [1.29, 1.82) is 0 Å². The van der Waals surface area contributed by atoms with Crippen molar-refractivity contribution < 1.29 is 5.21 Å². The lowest BCUT2D eigenvalue weighted by atomic mass is 10.0. The van der Waals surface area contributed by atoms with Crippen LogP contribution < -0.4 is 0 Å². The van der Waals surface area contributed by atoms with E-state index in [-0.39, 0.29) is 0 Å². The van der Waals surface area contributed by atoms with Crippen molar-refractivity contribution in [2.45, 2.75) is 0 Å². The number of pyridine rings is 2. The number of nitrogens with zero attached hydrogens (tertiary/aromatic N) is 3. The van der Waals surface area contributed by atoms with Crippen molar-refractivity contribution in [1.82, 2.24) is 9.97 Å². The van der Waals surface area contributed by atoms with Gasteiger partial charge < -0.3 is 5.21 Å². The number of oxime groups is 1. The van der Waals surface area contributed by atoms with E-state index in [1.165, 1.54) is 0 Å². The molecule has 4 nitrogen and oxygen atoms in total. The lowest BCUT2D eigenvalue weighted by Crippen LogP contribution is -2.06. The Balaban J connectivity index is 1.78. The van der Waals surface area contributed by atoms with Gasteiger partial charge in [-0.1, -0.05) is 53.7 Å². The first-order chi connectivity index (χ1) is 12.3. The fraction of sp³-hybridized carbons (Fsp3) is 0. The Hall–Kier alpha value is -3.53. The lowest BCUT2D eigenvalue weighted by Gasteiger charge is -2.08. The van der Waals surface area contributed by atoms with E-state index in [0.29, 0.717) is 11.4 Å². The molecule has 0 fully saturated rings. The summed E-state index contributed by atoms with van der Waals surface area (Å²) in [6.07, 6.45) is 1.73. The van der Waals surface area contributed by atoms with Crippen LogP contribution in [-0.2, 0) is 0 Å². The molecule has 0 atom stereocenters. The quantitative estimate of drug-likeness (QED) is 0.342. The summed E-state index contributed by atoms with van der Waals surface area (Å²) in [5.74, 6) is 0. The van der Waals surface area contributed by atoms with E-state index in [1.54, 1.807) is 6.20 Å². The number of rotatable bonds is 3. The van der Waals surface area contributed by atoms with E-state index < -0.39 is 0 Å². The van der Waals surface area contributed by atoms with Gasteiger partial charge in [0, 0.05) is 11.8 Å². The third-order valence-corrected chi connectivity index (χ3v) is 4.04. The van der Waals surface area contributed by atoms with Gasteiger partial charge in [-0.25, -0.2) is 4.98 Å². The van der Waals surface area contributed by atoms with Crippen molar-refractivity contribution in [3.8, 4) is 11.4 Å². The topological polar surface area (TPSA) is 58.4 Å². The predicted molar refractivity (Wildman–Crippen MR) is 98.8 cm³/mol. The molecule has 0 aliphatic heterocycles. The summed E-state index contributed by atoms with van der Waals surface area (Å²) in [7, 11) is 0. The van der Waals surface area contributed by atoms with Gasteiger partial charge in [0.05, 0.1) is 17.1 Å². The van der Waals surface area contributed by atoms with Crippen molar-refractivity contribution in [3.05, 3.63) is 96.3 Å². The van der Waals surface area contributed by atoms with Gasteiger partial charge in [-0.15, -0.1) is 0 Å². The van der Waals surface area contributed by atoms with Crippen LogP contribution >= 0.6 is 0 Å². The Kier molecular flexibility index (Phi) is 3.92. The van der Waals surface area contributed by atoms with Gasteiger partial charge in [-0.05, 0) is 41.1 Å². The zero-order valence-corrected chi connectivity index (χ0v) is 13.4. The largest absolute Gasteiger partial charge is 0.410 e. The molecule has 4 rings (SSSR count). The minimum absolute atomic E-state index is 0.434. The molecule has 0 saturated heterocycles. The lowest BCUT2D eigenvalue weighted by molar-refractivity contribution is 0.319. The zero-order chi connectivity index (χ0) is 17.1. The van der Waals surface area contributed by atoms with E-state index in [2.05, 4.69) is 21.2 Å². The van der Waals surface area contributed by atoms with Gasteiger partial charge >= 0.3 is 0 Å². The van der Waals surface area contributed by atoms with E-state index in [9.17, 15) is 5.21 Å². The van der Waals surface area contributed by atoms with E-state index in [1.807, 2.05) is 72.8 Å². The highest BCUT2D eigenvalue weighted by Gasteiger charge is 2.12. The van der Waals surface area contributed by atoms with Crippen LogP contribution in [0.1, 0.15) is 11.3 Å². The molecule has 0 spiro atoms. The molecular formula is C21H15N3O. The number of aromatic nitrogens is 2. The molecule has 0 amide bonds. The Bertz CT molecular complexity index is 1060. The normalized spacial score (nSPS) is 11.6. The third kappa shape index (κ3) is 2.97. The fourth-order valence-electron chi connectivity index (χ4n) is 2.82. The first-order valence-electron chi connectivity index (χ1n) is 7.95. The first-order valence-corrected chi connectivity index (χ1v) is 7.95. The molecule has 25 heavy (non-hydrogen) atoms. The third-order valence-electron chi connectivity index (χ3n) is 4.04. The number of hydrogen-bond acceptors (Lipinski definition) is 4. The molecular weight excluding hydrogens is 310 g/mol. The molecule has 1 N–H and O–H groups in total. The van der Waals surface area contributed by atoms with Gasteiger partial charge in [0.15, 0.2) is 0 Å². The summed E-state index contributed by atoms with van der Waals surface area (Å²) in [5.41, 5.74) is 3.36. The summed E-state index contributed by atoms with van der Waals surface area (Å²) in [6.45, 7) is 0. The second kappa shape index (κ2) is 6.53. The summed E-state index contributed by atoms with van der Waals surface area (Å²) in [4.78, 5) is 8.94. The van der Waals surface area contributed by atoms with Crippen LogP contribution in [0.3, 0.4) is 0 Å². The summed E-state index contributed by atoms with van der Waals surface area (Å²) in [5, 5.41) is 15.3. The standard InChI is InChI=1S/C21H15N3O/c25-24-21(17-12-11-15-6-1-2-7-16(15)14-17)20-10-5-9-19(23-20)18-8-3-4-13-22-18/h1-14,25H/b24-21+. The zero-order valence-electron chi connectivity index (χ0n) is 13.4. The van der Waals surface area contributed by atoms with Crippen molar-refractivity contribution >= 4 is 16.5 Å². The average Bonchev–Trinajstić information content (AvgIpc) is 2.69. The van der Waals surface area contributed by atoms with E-state index in [4.69, 9.17) is 0 Å². The Morgan fingerprint density at radius 2 is 1.56 bits per heavy atom. The minimum atomic E-state index is 0.434. The Morgan fingerprint density at radius 3 is 2.36 bits per heavy atom. The molecule has 2 aromatic carbocycles. The van der Waals surface area contributed by atoms with Crippen molar-refractivity contribution in [2.75, 3.05) is 0 Å². The molecule has 4 aromatic rings. The second-order valence-electron chi connectivity index (χ2n) is 5.63. The number of hydrogen-bond donors (Lipinski definition) is 1. The maximum atomic E-state index is 9.60. The molecule has 0 unspecified atom stereocenters. The van der Waals surface area contributed by atoms with Gasteiger partial charge in [-0.2, -0.15) is 0 Å². The Labute approximate surface area is 145 Å². The maximum absolute atomic E-state index is 9.60. The number of benzene rings is 2. The fourth-order valence-corrected chi connectivity index (χ4v) is 2.82. The second-order valence-corrected chi connectivity index (χ2v) is 5.63. The van der Waals surface area contributed by atoms with Gasteiger partial charge in [-0.3, -0.25) is 4.98 Å². The highest BCUT2D eigenvalue weighted by Crippen LogP contribution is 2.20. The SMILES string of the molecule is O/N=C(\c1ccc2ccccc2c1)c1cccc(-c2ccccn2)n1. The molecule has 4 heteroatoms. The first kappa shape index (κ1) is 15.0. The summed E-state index contributed by atoms with van der Waals surface area (Å²) in [6, 6.07) is 25.3. The summed E-state index contributed by atoms with van der Waals surface area (Å²) < 4.78 is 0. The Morgan fingerprint density at radius 1 is 0.760 bits per heavy atom. The minimum Gasteiger partial charge on any atom is -0.410 e. The maximum Gasteiger partial charge on any atom is 0.135 e. The van der Waals surface area contributed by atoms with Gasteiger partial charge in [0.25, 0.3) is 0 Å². The van der Waals surface area contributed by atoms with Crippen LogP contribution in [0.25, 0.3) is 22.2 Å². The van der Waals surface area contributed by atoms with E-state index in [0.717, 1.165) is 27.7 Å².